The molecule has 0 heterocycles. The van der Waals surface area contributed by atoms with Crippen LogP contribution < -0.4 is 5.32 Å². The number of nitrogens with one attached hydrogen (secondary N) is 1. The summed E-state index contributed by atoms with van der Waals surface area (Å²) in [4.78, 5) is 0. The highest BCUT2D eigenvalue weighted by Gasteiger charge is 2.30. The first kappa shape index (κ1) is 13.4. The Morgan fingerprint density at radius 3 is 2.67 bits per heavy atom. The molecule has 1 aromatic carbocycles. The van der Waals surface area contributed by atoms with Gasteiger partial charge in [-0.2, -0.15) is 13.2 Å². The predicted molar refractivity (Wildman–Crippen MR) is 65.1 cm³/mol. The van der Waals surface area contributed by atoms with Crippen molar-refractivity contribution >= 4 is 0 Å². The number of rotatable bonds is 3. The molecule has 0 spiro atoms. The van der Waals surface area contributed by atoms with Crippen molar-refractivity contribution in [1.82, 2.24) is 5.32 Å². The van der Waals surface area contributed by atoms with Crippen molar-refractivity contribution in [1.29, 1.82) is 0 Å². The van der Waals surface area contributed by atoms with Gasteiger partial charge in [0, 0.05) is 12.6 Å². The molecule has 1 nitrogen and oxygen atoms in total. The van der Waals surface area contributed by atoms with Gasteiger partial charge in [-0.05, 0) is 36.8 Å². The molecule has 100 valence electrons. The lowest BCUT2D eigenvalue weighted by Crippen LogP contribution is -2.25. The van der Waals surface area contributed by atoms with Crippen LogP contribution in [0.2, 0.25) is 0 Å². The largest absolute Gasteiger partial charge is 0.416 e. The Morgan fingerprint density at radius 1 is 1.28 bits per heavy atom. The van der Waals surface area contributed by atoms with Gasteiger partial charge in [0.25, 0.3) is 0 Å². The van der Waals surface area contributed by atoms with Crippen LogP contribution in [-0.2, 0) is 12.7 Å². The lowest BCUT2D eigenvalue weighted by atomic mass is 10.1. The second kappa shape index (κ2) is 5.31. The van der Waals surface area contributed by atoms with Crippen LogP contribution in [-0.4, -0.2) is 6.04 Å². The molecule has 18 heavy (non-hydrogen) atoms. The zero-order valence-corrected chi connectivity index (χ0v) is 10.4. The first-order valence-electron chi connectivity index (χ1n) is 6.34. The number of hydrogen-bond donors (Lipinski definition) is 1. The average molecular weight is 257 g/mol. The second-order valence-electron chi connectivity index (χ2n) is 5.19. The summed E-state index contributed by atoms with van der Waals surface area (Å²) >= 11 is 0. The molecule has 0 amide bonds. The van der Waals surface area contributed by atoms with Crippen LogP contribution >= 0.6 is 0 Å². The maximum absolute atomic E-state index is 12.5. The third kappa shape index (κ3) is 3.48. The van der Waals surface area contributed by atoms with E-state index in [0.717, 1.165) is 24.8 Å². The number of halogens is 3. The van der Waals surface area contributed by atoms with Crippen molar-refractivity contribution in [2.45, 2.75) is 44.9 Å². The fourth-order valence-corrected chi connectivity index (χ4v) is 2.51. The third-order valence-electron chi connectivity index (χ3n) is 3.54. The van der Waals surface area contributed by atoms with Crippen LogP contribution in [0.15, 0.2) is 24.3 Å². The molecular formula is C14H18F3N. The van der Waals surface area contributed by atoms with E-state index in [-0.39, 0.29) is 0 Å². The quantitative estimate of drug-likeness (QED) is 0.863. The minimum absolute atomic E-state index is 0.453. The van der Waals surface area contributed by atoms with E-state index in [9.17, 15) is 13.2 Å². The highest BCUT2D eigenvalue weighted by Crippen LogP contribution is 2.30. The van der Waals surface area contributed by atoms with Crippen LogP contribution in [0.5, 0.6) is 0 Å². The number of alkyl halides is 3. The second-order valence-corrected chi connectivity index (χ2v) is 5.19. The van der Waals surface area contributed by atoms with Gasteiger partial charge in [0.1, 0.15) is 0 Å². The van der Waals surface area contributed by atoms with Crippen molar-refractivity contribution in [2.24, 2.45) is 5.92 Å². The summed E-state index contributed by atoms with van der Waals surface area (Å²) < 4.78 is 37.6. The molecule has 1 aliphatic rings. The molecule has 0 saturated heterocycles. The molecule has 0 aromatic heterocycles. The first-order chi connectivity index (χ1) is 8.45. The molecule has 1 saturated carbocycles. The van der Waals surface area contributed by atoms with Gasteiger partial charge in [-0.15, -0.1) is 0 Å². The Hall–Kier alpha value is -1.03. The van der Waals surface area contributed by atoms with E-state index < -0.39 is 11.7 Å². The first-order valence-corrected chi connectivity index (χ1v) is 6.34. The van der Waals surface area contributed by atoms with Crippen molar-refractivity contribution in [2.75, 3.05) is 0 Å². The summed E-state index contributed by atoms with van der Waals surface area (Å²) in [5.74, 6) is 0.726. The van der Waals surface area contributed by atoms with Crippen molar-refractivity contribution < 1.29 is 13.2 Å². The molecule has 0 radical (unpaired) electrons. The Kier molecular flexibility index (Phi) is 3.95. The van der Waals surface area contributed by atoms with Gasteiger partial charge in [0.2, 0.25) is 0 Å². The monoisotopic (exact) mass is 257 g/mol. The number of hydrogen-bond acceptors (Lipinski definition) is 1. The van der Waals surface area contributed by atoms with Gasteiger partial charge in [0.05, 0.1) is 5.56 Å². The summed E-state index contributed by atoms with van der Waals surface area (Å²) in [5, 5.41) is 3.34. The van der Waals surface area contributed by atoms with E-state index in [1.165, 1.54) is 18.6 Å². The Morgan fingerprint density at radius 2 is 2.06 bits per heavy atom. The highest BCUT2D eigenvalue weighted by molar-refractivity contribution is 5.25. The maximum atomic E-state index is 12.5. The van der Waals surface area contributed by atoms with Gasteiger partial charge in [-0.1, -0.05) is 25.1 Å². The standard InChI is InChI=1S/C14H18F3N/c1-10-5-6-13(7-10)18-9-11-3-2-4-12(8-11)14(15,16)17/h2-4,8,10,13,18H,5-7,9H2,1H3. The van der Waals surface area contributed by atoms with Crippen molar-refractivity contribution in [3.8, 4) is 0 Å². The smallest absolute Gasteiger partial charge is 0.310 e. The fraction of sp³-hybridized carbons (Fsp3) is 0.571. The molecule has 1 fully saturated rings. The predicted octanol–water partition coefficient (Wildman–Crippen LogP) is 3.98. The van der Waals surface area contributed by atoms with E-state index in [0.29, 0.717) is 18.2 Å². The topological polar surface area (TPSA) is 12.0 Å². The van der Waals surface area contributed by atoms with Gasteiger partial charge in [0.15, 0.2) is 0 Å². The van der Waals surface area contributed by atoms with E-state index in [4.69, 9.17) is 0 Å². The number of benzene rings is 1. The molecule has 1 aromatic rings. The Balaban J connectivity index is 1.93. The van der Waals surface area contributed by atoms with Crippen LogP contribution in [0, 0.1) is 5.92 Å². The van der Waals surface area contributed by atoms with E-state index in [1.807, 2.05) is 0 Å². The summed E-state index contributed by atoms with van der Waals surface area (Å²) in [5.41, 5.74) is 0.131. The molecule has 0 bridgehead atoms. The Bertz CT molecular complexity index is 400. The highest BCUT2D eigenvalue weighted by atomic mass is 19.4. The summed E-state index contributed by atoms with van der Waals surface area (Å²) in [7, 11) is 0. The average Bonchev–Trinajstić information content (AvgIpc) is 2.72. The van der Waals surface area contributed by atoms with Gasteiger partial charge in [-0.25, -0.2) is 0 Å². The van der Waals surface area contributed by atoms with Crippen LogP contribution in [0.25, 0.3) is 0 Å². The normalized spacial score (nSPS) is 24.4. The molecule has 2 unspecified atom stereocenters. The van der Waals surface area contributed by atoms with E-state index >= 15 is 0 Å². The minimum atomic E-state index is -4.25. The van der Waals surface area contributed by atoms with E-state index in [2.05, 4.69) is 12.2 Å². The third-order valence-corrected chi connectivity index (χ3v) is 3.54. The van der Waals surface area contributed by atoms with Gasteiger partial charge >= 0.3 is 6.18 Å². The molecule has 0 aliphatic heterocycles. The molecule has 2 atom stereocenters. The SMILES string of the molecule is CC1CCC(NCc2cccc(C(F)(F)F)c2)C1. The van der Waals surface area contributed by atoms with Crippen LogP contribution in [0.4, 0.5) is 13.2 Å². The Labute approximate surface area is 105 Å². The minimum Gasteiger partial charge on any atom is -0.310 e. The fourth-order valence-electron chi connectivity index (χ4n) is 2.51. The summed E-state index contributed by atoms with van der Waals surface area (Å²) in [6.07, 6.45) is -0.794. The van der Waals surface area contributed by atoms with Crippen LogP contribution in [0.3, 0.4) is 0 Å². The van der Waals surface area contributed by atoms with Gasteiger partial charge in [-0.3, -0.25) is 0 Å². The molecule has 2 rings (SSSR count). The van der Waals surface area contributed by atoms with Crippen molar-refractivity contribution in [3.63, 3.8) is 0 Å². The lowest BCUT2D eigenvalue weighted by Gasteiger charge is -2.13. The zero-order chi connectivity index (χ0) is 13.2. The summed E-state index contributed by atoms with van der Waals surface area (Å²) in [6, 6.07) is 6.00. The maximum Gasteiger partial charge on any atom is 0.416 e. The molecule has 4 heteroatoms. The lowest BCUT2D eigenvalue weighted by molar-refractivity contribution is -0.137. The molecule has 1 aliphatic carbocycles. The van der Waals surface area contributed by atoms with Gasteiger partial charge < -0.3 is 5.32 Å². The molecule has 1 N–H and O–H groups in total. The molecular weight excluding hydrogens is 239 g/mol. The zero-order valence-electron chi connectivity index (χ0n) is 10.4. The van der Waals surface area contributed by atoms with Crippen LogP contribution in [0.1, 0.15) is 37.3 Å². The van der Waals surface area contributed by atoms with Crippen molar-refractivity contribution in [3.05, 3.63) is 35.4 Å². The van der Waals surface area contributed by atoms with E-state index in [1.54, 1.807) is 6.07 Å². The summed E-state index contributed by atoms with van der Waals surface area (Å²) in [6.45, 7) is 2.73.